The van der Waals surface area contributed by atoms with Crippen molar-refractivity contribution in [1.82, 2.24) is 4.90 Å². The Balaban J connectivity index is 1.85. The van der Waals surface area contributed by atoms with Gasteiger partial charge in [0.15, 0.2) is 5.69 Å². The topological polar surface area (TPSA) is 24.2 Å². The lowest BCUT2D eigenvalue weighted by Crippen LogP contribution is -2.46. The molecule has 4 heteroatoms. The van der Waals surface area contributed by atoms with Crippen LogP contribution in [0.3, 0.4) is 0 Å². The van der Waals surface area contributed by atoms with E-state index in [1.807, 2.05) is 11.3 Å². The fraction of sp³-hybridized carbons (Fsp3) is 0.875. The molecule has 0 unspecified atom stereocenters. The second kappa shape index (κ2) is 21.1. The smallest absolute Gasteiger partial charge is 0.288 e. The molecule has 1 fully saturated rings. The summed E-state index contributed by atoms with van der Waals surface area (Å²) in [5.74, 6) is 0.343. The quantitative estimate of drug-likeness (QED) is 0.124. The molecule has 0 radical (unpaired) electrons. The van der Waals surface area contributed by atoms with Gasteiger partial charge in [-0.15, -0.1) is 0 Å². The van der Waals surface area contributed by atoms with Crippen molar-refractivity contribution in [3.63, 3.8) is 0 Å². The van der Waals surface area contributed by atoms with Gasteiger partial charge < -0.3 is 4.90 Å². The van der Waals surface area contributed by atoms with Crippen molar-refractivity contribution < 1.29 is 9.36 Å². The zero-order valence-corrected chi connectivity index (χ0v) is 25.0. The molecule has 1 amide bonds. The first-order valence-corrected chi connectivity index (χ1v) is 16.9. The second-order valence-electron chi connectivity index (χ2n) is 11.3. The Kier molecular flexibility index (Phi) is 18.3. The minimum atomic E-state index is 0.343. The van der Waals surface area contributed by atoms with Crippen LogP contribution in [-0.2, 0) is 24.2 Å². The third-order valence-electron chi connectivity index (χ3n) is 8.03. The third kappa shape index (κ3) is 13.6. The van der Waals surface area contributed by atoms with Crippen molar-refractivity contribution in [1.29, 1.82) is 0 Å². The molecule has 0 N–H and O–H groups in total. The third-order valence-corrected chi connectivity index (χ3v) is 9.11. The number of amides is 1. The molecule has 0 aliphatic carbocycles. The van der Waals surface area contributed by atoms with Crippen LogP contribution in [0.4, 0.5) is 0 Å². The van der Waals surface area contributed by atoms with Gasteiger partial charge in [0, 0.05) is 19.5 Å². The van der Waals surface area contributed by atoms with Gasteiger partial charge in [0.25, 0.3) is 5.91 Å². The molecule has 0 spiro atoms. The number of likely N-dealkylation sites (tertiary alicyclic amines) is 1. The summed E-state index contributed by atoms with van der Waals surface area (Å²) in [5, 5.41) is 0. The van der Waals surface area contributed by atoms with Gasteiger partial charge in [-0.05, 0) is 32.1 Å². The van der Waals surface area contributed by atoms with E-state index in [9.17, 15) is 4.79 Å². The van der Waals surface area contributed by atoms with Crippen molar-refractivity contribution in [2.75, 3.05) is 13.1 Å². The first-order chi connectivity index (χ1) is 17.8. The largest absolute Gasteiger partial charge is 0.337 e. The summed E-state index contributed by atoms with van der Waals surface area (Å²) in [6, 6.07) is 0. The molecule has 1 aliphatic heterocycles. The number of carbonyl (C=O) groups excluding carboxylic acids is 1. The molecule has 1 saturated heterocycles. The number of unbranched alkanes of at least 4 members (excludes halogenated alkanes) is 14. The van der Waals surface area contributed by atoms with E-state index in [0.717, 1.165) is 19.5 Å². The van der Waals surface area contributed by atoms with Crippen LogP contribution in [-0.4, -0.2) is 23.9 Å². The Morgan fingerprint density at radius 2 is 1.17 bits per heavy atom. The molecule has 0 saturated carbocycles. The molecule has 1 aliphatic rings. The predicted molar refractivity (Wildman–Crippen MR) is 157 cm³/mol. The van der Waals surface area contributed by atoms with Crippen molar-refractivity contribution in [2.45, 2.75) is 168 Å². The van der Waals surface area contributed by atoms with E-state index in [0.29, 0.717) is 12.5 Å². The molecule has 3 nitrogen and oxygen atoms in total. The highest BCUT2D eigenvalue weighted by Crippen LogP contribution is 2.20. The highest BCUT2D eigenvalue weighted by atomic mass is 32.1. The van der Waals surface area contributed by atoms with Gasteiger partial charge in [-0.3, -0.25) is 4.79 Å². The summed E-state index contributed by atoms with van der Waals surface area (Å²) >= 11 is 1.92. The molecule has 0 bridgehead atoms. The van der Waals surface area contributed by atoms with Crippen LogP contribution >= 0.6 is 11.3 Å². The van der Waals surface area contributed by atoms with Crippen molar-refractivity contribution in [3.05, 3.63) is 16.1 Å². The molecule has 36 heavy (non-hydrogen) atoms. The summed E-state index contributed by atoms with van der Waals surface area (Å²) in [6.45, 7) is 7.06. The maximum absolute atomic E-state index is 13.2. The standard InChI is InChI=1S/C32H59N2OS/c1-3-5-7-9-11-13-16-20-24-30-31(25-21-17-14-12-10-8-6-4-2)36-29-34(30)28-32(35)33-26-22-18-15-19-23-27-33/h29H,3-28H2,1-2H3/q+1. The number of nitrogens with zero attached hydrogens (tertiary/aromatic N) is 2. The highest BCUT2D eigenvalue weighted by Gasteiger charge is 2.24. The van der Waals surface area contributed by atoms with Gasteiger partial charge in [0.1, 0.15) is 0 Å². The molecule has 0 aromatic carbocycles. The predicted octanol–water partition coefficient (Wildman–Crippen LogP) is 9.19. The van der Waals surface area contributed by atoms with Crippen LogP contribution in [0.25, 0.3) is 0 Å². The van der Waals surface area contributed by atoms with E-state index in [1.165, 1.54) is 147 Å². The zero-order chi connectivity index (χ0) is 25.7. The van der Waals surface area contributed by atoms with Gasteiger partial charge in [0.2, 0.25) is 12.1 Å². The average molecular weight is 520 g/mol. The lowest BCUT2D eigenvalue weighted by molar-refractivity contribution is -0.688. The molecule has 0 atom stereocenters. The summed E-state index contributed by atoms with van der Waals surface area (Å²) in [4.78, 5) is 16.9. The molecule has 1 aromatic rings. The Bertz CT molecular complexity index is 663. The molecule has 208 valence electrons. The lowest BCUT2D eigenvalue weighted by Gasteiger charge is -2.23. The maximum Gasteiger partial charge on any atom is 0.288 e. The summed E-state index contributed by atoms with van der Waals surface area (Å²) in [7, 11) is 0. The fourth-order valence-corrected chi connectivity index (χ4v) is 6.70. The van der Waals surface area contributed by atoms with E-state index >= 15 is 0 Å². The minimum Gasteiger partial charge on any atom is -0.337 e. The number of carbonyl (C=O) groups is 1. The van der Waals surface area contributed by atoms with E-state index in [4.69, 9.17) is 0 Å². The molecular formula is C32H59N2OS+. The SMILES string of the molecule is CCCCCCCCCCc1sc[n+](CC(=O)N2CCCCCCC2)c1CCCCCCCCCC. The van der Waals surface area contributed by atoms with Gasteiger partial charge in [-0.1, -0.05) is 134 Å². The van der Waals surface area contributed by atoms with E-state index in [-0.39, 0.29) is 0 Å². The Morgan fingerprint density at radius 1 is 0.694 bits per heavy atom. The van der Waals surface area contributed by atoms with E-state index in [2.05, 4.69) is 28.8 Å². The average Bonchev–Trinajstić information content (AvgIpc) is 3.23. The molecule has 1 aromatic heterocycles. The fourth-order valence-electron chi connectivity index (χ4n) is 5.63. The van der Waals surface area contributed by atoms with Crippen LogP contribution < -0.4 is 4.57 Å². The number of hydrogen-bond acceptors (Lipinski definition) is 2. The zero-order valence-electron chi connectivity index (χ0n) is 24.2. The normalized spacial score (nSPS) is 14.7. The van der Waals surface area contributed by atoms with Crippen molar-refractivity contribution in [2.24, 2.45) is 0 Å². The van der Waals surface area contributed by atoms with Gasteiger partial charge in [0.05, 0.1) is 4.88 Å². The monoisotopic (exact) mass is 519 g/mol. The van der Waals surface area contributed by atoms with Crippen molar-refractivity contribution >= 4 is 17.2 Å². The van der Waals surface area contributed by atoms with Gasteiger partial charge >= 0.3 is 0 Å². The van der Waals surface area contributed by atoms with Crippen molar-refractivity contribution in [3.8, 4) is 0 Å². The summed E-state index contributed by atoms with van der Waals surface area (Å²) in [5.41, 5.74) is 3.75. The Morgan fingerprint density at radius 3 is 1.72 bits per heavy atom. The maximum atomic E-state index is 13.2. The Labute approximate surface area is 228 Å². The van der Waals surface area contributed by atoms with Crippen LogP contribution in [0.1, 0.15) is 159 Å². The minimum absolute atomic E-state index is 0.343. The number of aryl methyl sites for hydroxylation is 1. The number of thiazole rings is 1. The number of aromatic nitrogens is 1. The van der Waals surface area contributed by atoms with E-state index < -0.39 is 0 Å². The number of hydrogen-bond donors (Lipinski definition) is 0. The van der Waals surface area contributed by atoms with Crippen LogP contribution in [0.15, 0.2) is 5.51 Å². The molecule has 2 heterocycles. The lowest BCUT2D eigenvalue weighted by atomic mass is 10.0. The summed E-state index contributed by atoms with van der Waals surface area (Å²) < 4.78 is 2.34. The Hall–Kier alpha value is -0.900. The second-order valence-corrected chi connectivity index (χ2v) is 12.3. The summed E-state index contributed by atoms with van der Waals surface area (Å²) in [6.07, 6.45) is 30.5. The van der Waals surface area contributed by atoms with Crippen LogP contribution in [0, 0.1) is 0 Å². The van der Waals surface area contributed by atoms with Gasteiger partial charge in [-0.25, -0.2) is 0 Å². The molecule has 2 rings (SSSR count). The number of rotatable bonds is 20. The van der Waals surface area contributed by atoms with Crippen LogP contribution in [0.5, 0.6) is 0 Å². The van der Waals surface area contributed by atoms with Crippen LogP contribution in [0.2, 0.25) is 0 Å². The first-order valence-electron chi connectivity index (χ1n) is 16.0. The molecular weight excluding hydrogens is 460 g/mol. The van der Waals surface area contributed by atoms with Gasteiger partial charge in [-0.2, -0.15) is 4.57 Å². The highest BCUT2D eigenvalue weighted by molar-refractivity contribution is 7.09. The van der Waals surface area contributed by atoms with E-state index in [1.54, 1.807) is 4.88 Å². The first kappa shape index (κ1) is 31.3.